The average Bonchev–Trinajstić information content (AvgIpc) is 2.49. The van der Waals surface area contributed by atoms with Crippen molar-refractivity contribution in [1.29, 1.82) is 0 Å². The van der Waals surface area contributed by atoms with Gasteiger partial charge in [0.15, 0.2) is 0 Å². The van der Waals surface area contributed by atoms with Crippen molar-refractivity contribution in [2.45, 2.75) is 25.9 Å². The second-order valence-electron chi connectivity index (χ2n) is 5.41. The van der Waals surface area contributed by atoms with Gasteiger partial charge in [-0.2, -0.15) is 0 Å². The van der Waals surface area contributed by atoms with E-state index in [2.05, 4.69) is 17.0 Å². The van der Waals surface area contributed by atoms with E-state index in [1.165, 1.54) is 11.3 Å². The van der Waals surface area contributed by atoms with Crippen LogP contribution in [0.1, 0.15) is 18.9 Å². The number of rotatable bonds is 6. The molecule has 5 nitrogen and oxygen atoms in total. The molecule has 21 heavy (non-hydrogen) atoms. The fourth-order valence-electron chi connectivity index (χ4n) is 2.81. The van der Waals surface area contributed by atoms with E-state index in [-0.39, 0.29) is 0 Å². The van der Waals surface area contributed by atoms with Gasteiger partial charge in [-0.05, 0) is 25.1 Å². The molecule has 5 heteroatoms. The molecule has 0 aromatic heterocycles. The number of aliphatic carboxylic acids is 1. The maximum atomic E-state index is 11.3. The molecule has 1 aromatic carbocycles. The highest BCUT2D eigenvalue weighted by Crippen LogP contribution is 2.23. The van der Waals surface area contributed by atoms with Crippen molar-refractivity contribution >= 4 is 11.7 Å². The zero-order valence-corrected chi connectivity index (χ0v) is 12.8. The summed E-state index contributed by atoms with van der Waals surface area (Å²) >= 11 is 0. The quantitative estimate of drug-likeness (QED) is 0.867. The van der Waals surface area contributed by atoms with Crippen molar-refractivity contribution in [2.24, 2.45) is 0 Å². The van der Waals surface area contributed by atoms with Gasteiger partial charge in [0.25, 0.3) is 0 Å². The Morgan fingerprint density at radius 2 is 2.05 bits per heavy atom. The van der Waals surface area contributed by atoms with Crippen molar-refractivity contribution in [3.05, 3.63) is 29.8 Å². The highest BCUT2D eigenvalue weighted by atomic mass is 16.5. The van der Waals surface area contributed by atoms with Gasteiger partial charge in [0.2, 0.25) is 0 Å². The van der Waals surface area contributed by atoms with Crippen molar-refractivity contribution in [3.63, 3.8) is 0 Å². The van der Waals surface area contributed by atoms with E-state index >= 15 is 0 Å². The number of carboxylic acid groups (broad SMARTS) is 1. The number of benzene rings is 1. The van der Waals surface area contributed by atoms with E-state index in [1.54, 1.807) is 0 Å². The normalized spacial score (nSPS) is 17.0. The van der Waals surface area contributed by atoms with Gasteiger partial charge in [-0.1, -0.05) is 25.1 Å². The number of likely N-dealkylation sites (N-methyl/N-ethyl adjacent to an activating group) is 1. The van der Waals surface area contributed by atoms with Gasteiger partial charge in [-0.15, -0.1) is 0 Å². The number of morpholine rings is 1. The Morgan fingerprint density at radius 3 is 2.67 bits per heavy atom. The summed E-state index contributed by atoms with van der Waals surface area (Å²) in [5, 5.41) is 9.27. The number of nitrogens with zero attached hydrogens (tertiary/aromatic N) is 2. The van der Waals surface area contributed by atoms with Crippen LogP contribution in [-0.2, 0) is 16.1 Å². The number of carbonyl (C=O) groups is 1. The van der Waals surface area contributed by atoms with Gasteiger partial charge in [0.05, 0.1) is 13.2 Å². The van der Waals surface area contributed by atoms with Crippen LogP contribution in [0.5, 0.6) is 0 Å². The summed E-state index contributed by atoms with van der Waals surface area (Å²) in [7, 11) is 1.87. The first-order valence-electron chi connectivity index (χ1n) is 7.47. The molecule has 0 bridgehead atoms. The van der Waals surface area contributed by atoms with Gasteiger partial charge in [0.1, 0.15) is 6.04 Å². The number of carboxylic acids is 1. The minimum atomic E-state index is -0.760. The van der Waals surface area contributed by atoms with Crippen LogP contribution in [0.15, 0.2) is 24.3 Å². The number of anilines is 1. The van der Waals surface area contributed by atoms with Crippen molar-refractivity contribution in [2.75, 3.05) is 38.3 Å². The molecule has 2 rings (SSSR count). The lowest BCUT2D eigenvalue weighted by atomic mass is 10.1. The molecule has 1 aromatic rings. The van der Waals surface area contributed by atoms with Crippen LogP contribution in [0.2, 0.25) is 0 Å². The summed E-state index contributed by atoms with van der Waals surface area (Å²) in [5.74, 6) is -0.760. The summed E-state index contributed by atoms with van der Waals surface area (Å²) in [4.78, 5) is 15.5. The van der Waals surface area contributed by atoms with Crippen LogP contribution in [0.4, 0.5) is 5.69 Å². The van der Waals surface area contributed by atoms with Gasteiger partial charge >= 0.3 is 5.97 Å². The largest absolute Gasteiger partial charge is 0.480 e. The van der Waals surface area contributed by atoms with Crippen LogP contribution in [-0.4, -0.2) is 55.4 Å². The fraction of sp³-hybridized carbons (Fsp3) is 0.562. The second kappa shape index (κ2) is 7.43. The highest BCUT2D eigenvalue weighted by Gasteiger charge is 2.22. The summed E-state index contributed by atoms with van der Waals surface area (Å²) in [6.45, 7) is 5.81. The third kappa shape index (κ3) is 3.95. The van der Waals surface area contributed by atoms with Crippen LogP contribution < -0.4 is 4.90 Å². The second-order valence-corrected chi connectivity index (χ2v) is 5.41. The standard InChI is InChI=1S/C16H24N2O3/c1-3-14(16(19)20)17(2)12-13-6-4-5-7-15(13)18-8-10-21-11-9-18/h4-7,14H,3,8-12H2,1-2H3,(H,19,20). The van der Waals surface area contributed by atoms with Crippen molar-refractivity contribution in [3.8, 4) is 0 Å². The van der Waals surface area contributed by atoms with Crippen LogP contribution in [0.25, 0.3) is 0 Å². The Balaban J connectivity index is 2.14. The molecule has 1 N–H and O–H groups in total. The Labute approximate surface area is 126 Å². The zero-order valence-electron chi connectivity index (χ0n) is 12.8. The molecule has 0 aliphatic carbocycles. The zero-order chi connectivity index (χ0) is 15.2. The van der Waals surface area contributed by atoms with E-state index in [9.17, 15) is 9.90 Å². The predicted molar refractivity (Wildman–Crippen MR) is 82.7 cm³/mol. The molecule has 0 amide bonds. The average molecular weight is 292 g/mol. The lowest BCUT2D eigenvalue weighted by molar-refractivity contribution is -0.143. The number of para-hydroxylation sites is 1. The number of ether oxygens (including phenoxy) is 1. The van der Waals surface area contributed by atoms with E-state index in [4.69, 9.17) is 4.74 Å². The molecule has 116 valence electrons. The summed E-state index contributed by atoms with van der Waals surface area (Å²) in [5.41, 5.74) is 2.36. The third-order valence-electron chi connectivity index (χ3n) is 3.97. The predicted octanol–water partition coefficient (Wildman–Crippen LogP) is 1.82. The SMILES string of the molecule is CCC(C(=O)O)N(C)Cc1ccccc1N1CCOCC1. The molecule has 1 aliphatic rings. The summed E-state index contributed by atoms with van der Waals surface area (Å²) in [6, 6.07) is 7.78. The molecule has 0 spiro atoms. The molecule has 1 fully saturated rings. The molecular weight excluding hydrogens is 268 g/mol. The van der Waals surface area contributed by atoms with Gasteiger partial charge in [-0.3, -0.25) is 9.69 Å². The number of hydrogen-bond donors (Lipinski definition) is 1. The first-order valence-corrected chi connectivity index (χ1v) is 7.47. The Hall–Kier alpha value is -1.59. The van der Waals surface area contributed by atoms with Gasteiger partial charge in [0, 0.05) is 25.3 Å². The number of hydrogen-bond acceptors (Lipinski definition) is 4. The Bertz CT molecular complexity index is 472. The first kappa shape index (κ1) is 15.8. The lowest BCUT2D eigenvalue weighted by Gasteiger charge is -2.32. The van der Waals surface area contributed by atoms with Crippen LogP contribution in [0, 0.1) is 0 Å². The van der Waals surface area contributed by atoms with Crippen molar-refractivity contribution in [1.82, 2.24) is 4.90 Å². The maximum absolute atomic E-state index is 11.3. The molecule has 1 saturated heterocycles. The summed E-state index contributed by atoms with van der Waals surface area (Å²) < 4.78 is 5.40. The minimum absolute atomic E-state index is 0.442. The maximum Gasteiger partial charge on any atom is 0.320 e. The topological polar surface area (TPSA) is 53.0 Å². The fourth-order valence-corrected chi connectivity index (χ4v) is 2.81. The first-order chi connectivity index (χ1) is 10.1. The van der Waals surface area contributed by atoms with E-state index in [0.717, 1.165) is 26.3 Å². The molecule has 0 radical (unpaired) electrons. The summed E-state index contributed by atoms with van der Waals surface area (Å²) in [6.07, 6.45) is 0.603. The molecule has 1 atom stereocenters. The van der Waals surface area contributed by atoms with Crippen molar-refractivity contribution < 1.29 is 14.6 Å². The van der Waals surface area contributed by atoms with Crippen LogP contribution >= 0.6 is 0 Å². The monoisotopic (exact) mass is 292 g/mol. The smallest absolute Gasteiger partial charge is 0.320 e. The molecule has 1 unspecified atom stereocenters. The van der Waals surface area contributed by atoms with Gasteiger partial charge < -0.3 is 14.7 Å². The highest BCUT2D eigenvalue weighted by molar-refractivity contribution is 5.73. The molecular formula is C16H24N2O3. The minimum Gasteiger partial charge on any atom is -0.480 e. The Kier molecular flexibility index (Phi) is 5.59. The molecule has 0 saturated carbocycles. The van der Waals surface area contributed by atoms with E-state index < -0.39 is 12.0 Å². The lowest BCUT2D eigenvalue weighted by Crippen LogP contribution is -2.39. The van der Waals surface area contributed by atoms with E-state index in [0.29, 0.717) is 13.0 Å². The van der Waals surface area contributed by atoms with Gasteiger partial charge in [-0.25, -0.2) is 0 Å². The molecule has 1 heterocycles. The van der Waals surface area contributed by atoms with Crippen LogP contribution in [0.3, 0.4) is 0 Å². The Morgan fingerprint density at radius 1 is 1.38 bits per heavy atom. The van der Waals surface area contributed by atoms with E-state index in [1.807, 2.05) is 31.0 Å². The molecule has 1 aliphatic heterocycles. The third-order valence-corrected chi connectivity index (χ3v) is 3.97.